The highest BCUT2D eigenvalue weighted by molar-refractivity contribution is 5.76. The SMILES string of the molecule is O=C(Cn1nccn1)N[C@@H]1[C@@H](Cc2ccccc2)[C@H]2OCC[C@@H]12. The van der Waals surface area contributed by atoms with Crippen LogP contribution in [0, 0.1) is 11.8 Å². The van der Waals surface area contributed by atoms with Gasteiger partial charge in [-0.25, -0.2) is 0 Å². The van der Waals surface area contributed by atoms with Crippen LogP contribution >= 0.6 is 0 Å². The average molecular weight is 312 g/mol. The highest BCUT2D eigenvalue weighted by atomic mass is 16.5. The molecule has 1 amide bonds. The van der Waals surface area contributed by atoms with E-state index in [0.717, 1.165) is 19.4 Å². The number of ether oxygens (including phenoxy) is 1. The Hall–Kier alpha value is -2.21. The number of hydrogen-bond donors (Lipinski definition) is 1. The van der Waals surface area contributed by atoms with Crippen molar-refractivity contribution in [2.75, 3.05) is 6.61 Å². The van der Waals surface area contributed by atoms with Gasteiger partial charge in [0.05, 0.1) is 18.5 Å². The molecule has 6 heteroatoms. The lowest BCUT2D eigenvalue weighted by molar-refractivity contribution is -0.128. The van der Waals surface area contributed by atoms with E-state index in [2.05, 4.69) is 39.8 Å². The molecule has 120 valence electrons. The van der Waals surface area contributed by atoms with Crippen molar-refractivity contribution in [3.8, 4) is 0 Å². The lowest BCUT2D eigenvalue weighted by Crippen LogP contribution is -2.62. The van der Waals surface area contributed by atoms with Gasteiger partial charge in [0.25, 0.3) is 0 Å². The van der Waals surface area contributed by atoms with E-state index >= 15 is 0 Å². The van der Waals surface area contributed by atoms with Crippen LogP contribution in [-0.2, 0) is 22.5 Å². The maximum absolute atomic E-state index is 12.2. The third-order valence-corrected chi connectivity index (χ3v) is 4.92. The minimum atomic E-state index is -0.0328. The molecule has 1 aliphatic carbocycles. The summed E-state index contributed by atoms with van der Waals surface area (Å²) in [6.07, 6.45) is 5.41. The minimum absolute atomic E-state index is 0.0328. The van der Waals surface area contributed by atoms with E-state index in [1.54, 1.807) is 12.4 Å². The molecule has 23 heavy (non-hydrogen) atoms. The second-order valence-corrected chi connectivity index (χ2v) is 6.29. The molecule has 0 spiro atoms. The first-order valence-electron chi connectivity index (χ1n) is 8.10. The third kappa shape index (κ3) is 2.86. The minimum Gasteiger partial charge on any atom is -0.377 e. The van der Waals surface area contributed by atoms with Gasteiger partial charge in [-0.15, -0.1) is 0 Å². The van der Waals surface area contributed by atoms with E-state index in [9.17, 15) is 4.79 Å². The normalized spacial score (nSPS) is 28.9. The molecule has 6 nitrogen and oxygen atoms in total. The molecule has 4 atom stereocenters. The molecule has 1 saturated heterocycles. The number of fused-ring (bicyclic) bond motifs is 1. The number of nitrogens with one attached hydrogen (secondary N) is 1. The maximum Gasteiger partial charge on any atom is 0.243 e. The summed E-state index contributed by atoms with van der Waals surface area (Å²) in [5.74, 6) is 0.757. The predicted octanol–water partition coefficient (Wildman–Crippen LogP) is 1.04. The Morgan fingerprint density at radius 1 is 1.26 bits per heavy atom. The molecular weight excluding hydrogens is 292 g/mol. The number of carbonyl (C=O) groups excluding carboxylic acids is 1. The highest BCUT2D eigenvalue weighted by Gasteiger charge is 2.53. The van der Waals surface area contributed by atoms with Crippen LogP contribution in [0.4, 0.5) is 0 Å². The topological polar surface area (TPSA) is 69.0 Å². The van der Waals surface area contributed by atoms with Crippen LogP contribution < -0.4 is 5.32 Å². The molecule has 1 aromatic heterocycles. The molecular formula is C17H20N4O2. The molecule has 2 fully saturated rings. The number of hydrogen-bond acceptors (Lipinski definition) is 4. The number of carbonyl (C=O) groups is 1. The Labute approximate surface area is 134 Å². The predicted molar refractivity (Wildman–Crippen MR) is 83.4 cm³/mol. The van der Waals surface area contributed by atoms with Crippen molar-refractivity contribution in [3.05, 3.63) is 48.3 Å². The molecule has 1 N–H and O–H groups in total. The van der Waals surface area contributed by atoms with Crippen LogP contribution in [0.15, 0.2) is 42.7 Å². The van der Waals surface area contributed by atoms with Crippen LogP contribution in [0.3, 0.4) is 0 Å². The standard InChI is InChI=1S/C17H20N4O2/c22-15(11-21-18-7-8-19-21)20-16-13-6-9-23-17(13)14(16)10-12-4-2-1-3-5-12/h1-5,7-8,13-14,16-17H,6,9-11H2,(H,20,22)/t13-,14+,16-,17-/m0/s1. The van der Waals surface area contributed by atoms with E-state index in [0.29, 0.717) is 11.8 Å². The molecule has 1 aromatic carbocycles. The van der Waals surface area contributed by atoms with Gasteiger partial charge in [0.1, 0.15) is 6.54 Å². The van der Waals surface area contributed by atoms with Crippen molar-refractivity contribution < 1.29 is 9.53 Å². The van der Waals surface area contributed by atoms with Crippen molar-refractivity contribution in [1.29, 1.82) is 0 Å². The Balaban J connectivity index is 1.42. The molecule has 4 rings (SSSR count). The van der Waals surface area contributed by atoms with Gasteiger partial charge in [-0.2, -0.15) is 15.0 Å². The average Bonchev–Trinajstić information content (AvgIpc) is 3.21. The smallest absolute Gasteiger partial charge is 0.243 e. The van der Waals surface area contributed by atoms with Gasteiger partial charge in [-0.05, 0) is 18.4 Å². The van der Waals surface area contributed by atoms with Gasteiger partial charge < -0.3 is 10.1 Å². The Kier molecular flexibility index (Phi) is 3.83. The highest BCUT2D eigenvalue weighted by Crippen LogP contribution is 2.45. The second kappa shape index (κ2) is 6.12. The largest absolute Gasteiger partial charge is 0.377 e. The lowest BCUT2D eigenvalue weighted by Gasteiger charge is -2.48. The first-order chi connectivity index (χ1) is 11.3. The molecule has 0 radical (unpaired) electrons. The fourth-order valence-electron chi connectivity index (χ4n) is 3.86. The molecule has 0 bridgehead atoms. The van der Waals surface area contributed by atoms with Crippen molar-refractivity contribution in [1.82, 2.24) is 20.3 Å². The van der Waals surface area contributed by atoms with Crippen LogP contribution in [0.2, 0.25) is 0 Å². The van der Waals surface area contributed by atoms with Crippen molar-refractivity contribution in [2.45, 2.75) is 31.5 Å². The van der Waals surface area contributed by atoms with Crippen LogP contribution in [0.1, 0.15) is 12.0 Å². The van der Waals surface area contributed by atoms with Crippen LogP contribution in [0.25, 0.3) is 0 Å². The van der Waals surface area contributed by atoms with Gasteiger partial charge >= 0.3 is 0 Å². The quantitative estimate of drug-likeness (QED) is 0.896. The lowest BCUT2D eigenvalue weighted by atomic mass is 9.64. The summed E-state index contributed by atoms with van der Waals surface area (Å²) in [5.41, 5.74) is 1.29. The fourth-order valence-corrected chi connectivity index (χ4v) is 3.86. The van der Waals surface area contributed by atoms with E-state index in [4.69, 9.17) is 4.74 Å². The van der Waals surface area contributed by atoms with E-state index in [1.165, 1.54) is 10.4 Å². The summed E-state index contributed by atoms with van der Waals surface area (Å²) in [6, 6.07) is 10.6. The zero-order chi connectivity index (χ0) is 15.6. The molecule has 0 unspecified atom stereocenters. The number of benzene rings is 1. The van der Waals surface area contributed by atoms with Crippen molar-refractivity contribution in [2.24, 2.45) is 11.8 Å². The summed E-state index contributed by atoms with van der Waals surface area (Å²) in [5, 5.41) is 11.1. The van der Waals surface area contributed by atoms with Crippen molar-refractivity contribution >= 4 is 5.91 Å². The molecule has 2 aliphatic rings. The van der Waals surface area contributed by atoms with Gasteiger partial charge in [-0.3, -0.25) is 4.79 Å². The van der Waals surface area contributed by atoms with Crippen LogP contribution in [0.5, 0.6) is 0 Å². The number of nitrogens with zero attached hydrogens (tertiary/aromatic N) is 3. The van der Waals surface area contributed by atoms with Crippen LogP contribution in [-0.4, -0.2) is 39.7 Å². The monoisotopic (exact) mass is 312 g/mol. The van der Waals surface area contributed by atoms with E-state index in [-0.39, 0.29) is 24.6 Å². The van der Waals surface area contributed by atoms with Gasteiger partial charge in [-0.1, -0.05) is 30.3 Å². The Morgan fingerprint density at radius 2 is 2.04 bits per heavy atom. The summed E-state index contributed by atoms with van der Waals surface area (Å²) >= 11 is 0. The third-order valence-electron chi connectivity index (χ3n) is 4.92. The molecule has 2 aromatic rings. The summed E-state index contributed by atoms with van der Waals surface area (Å²) in [7, 11) is 0. The fraction of sp³-hybridized carbons (Fsp3) is 0.471. The number of rotatable bonds is 5. The van der Waals surface area contributed by atoms with Gasteiger partial charge in [0.15, 0.2) is 0 Å². The molecule has 1 aliphatic heterocycles. The van der Waals surface area contributed by atoms with Crippen molar-refractivity contribution in [3.63, 3.8) is 0 Å². The number of amides is 1. The first-order valence-corrected chi connectivity index (χ1v) is 8.10. The van der Waals surface area contributed by atoms with Gasteiger partial charge in [0.2, 0.25) is 5.91 Å². The second-order valence-electron chi connectivity index (χ2n) is 6.29. The molecule has 1 saturated carbocycles. The summed E-state index contributed by atoms with van der Waals surface area (Å²) < 4.78 is 5.87. The zero-order valence-corrected chi connectivity index (χ0v) is 12.8. The number of aromatic nitrogens is 3. The summed E-state index contributed by atoms with van der Waals surface area (Å²) in [6.45, 7) is 0.966. The summed E-state index contributed by atoms with van der Waals surface area (Å²) in [4.78, 5) is 13.7. The first kappa shape index (κ1) is 14.4. The Morgan fingerprint density at radius 3 is 2.83 bits per heavy atom. The Bertz CT molecular complexity index is 658. The van der Waals surface area contributed by atoms with Gasteiger partial charge in [0, 0.05) is 24.5 Å². The van der Waals surface area contributed by atoms with E-state index in [1.807, 2.05) is 6.07 Å². The maximum atomic E-state index is 12.2. The molecule has 2 heterocycles. The zero-order valence-electron chi connectivity index (χ0n) is 12.8. The van der Waals surface area contributed by atoms with E-state index < -0.39 is 0 Å².